The van der Waals surface area contributed by atoms with Crippen LogP contribution in [0.4, 0.5) is 5.13 Å². The molecule has 2 aliphatic rings. The van der Waals surface area contributed by atoms with Crippen LogP contribution in [-0.2, 0) is 9.59 Å². The van der Waals surface area contributed by atoms with Crippen LogP contribution < -0.4 is 5.32 Å². The van der Waals surface area contributed by atoms with Crippen LogP contribution in [0.3, 0.4) is 0 Å². The molecule has 0 unspecified atom stereocenters. The number of aromatic nitrogens is 2. The fourth-order valence-corrected chi connectivity index (χ4v) is 4.87. The van der Waals surface area contributed by atoms with Crippen molar-refractivity contribution in [3.8, 4) is 0 Å². The van der Waals surface area contributed by atoms with Crippen LogP contribution in [0.5, 0.6) is 0 Å². The van der Waals surface area contributed by atoms with Gasteiger partial charge in [-0.25, -0.2) is 0 Å². The lowest BCUT2D eigenvalue weighted by Gasteiger charge is -2.33. The number of rotatable bonds is 6. The molecule has 1 saturated heterocycles. The van der Waals surface area contributed by atoms with E-state index in [1.807, 2.05) is 4.90 Å². The van der Waals surface area contributed by atoms with Crippen molar-refractivity contribution in [3.05, 3.63) is 5.01 Å². The molecule has 0 spiro atoms. The Morgan fingerprint density at radius 1 is 1.04 bits per heavy atom. The van der Waals surface area contributed by atoms with Crippen molar-refractivity contribution in [1.29, 1.82) is 0 Å². The van der Waals surface area contributed by atoms with E-state index in [9.17, 15) is 9.59 Å². The minimum absolute atomic E-state index is 0.00781. The molecule has 1 aliphatic heterocycles. The maximum Gasteiger partial charge on any atom is 0.226 e. The van der Waals surface area contributed by atoms with Gasteiger partial charge in [0.2, 0.25) is 16.9 Å². The Morgan fingerprint density at radius 3 is 2.33 bits per heavy atom. The summed E-state index contributed by atoms with van der Waals surface area (Å²) in [5.41, 5.74) is 0. The highest BCUT2D eigenvalue weighted by molar-refractivity contribution is 7.15. The second-order valence-corrected chi connectivity index (χ2v) is 9.39. The summed E-state index contributed by atoms with van der Waals surface area (Å²) in [4.78, 5) is 26.8. The number of anilines is 1. The first-order valence-electron chi connectivity index (χ1n) is 10.4. The van der Waals surface area contributed by atoms with E-state index in [2.05, 4.69) is 29.4 Å². The van der Waals surface area contributed by atoms with Crippen molar-refractivity contribution in [2.45, 2.75) is 77.6 Å². The molecule has 1 N–H and O–H groups in total. The predicted molar refractivity (Wildman–Crippen MR) is 108 cm³/mol. The summed E-state index contributed by atoms with van der Waals surface area (Å²) in [6, 6.07) is 0. The van der Waals surface area contributed by atoms with E-state index in [0.717, 1.165) is 37.4 Å². The molecule has 1 saturated carbocycles. The van der Waals surface area contributed by atoms with Crippen LogP contribution in [0, 0.1) is 11.8 Å². The molecule has 2 fully saturated rings. The molecule has 2 amide bonds. The Kier molecular flexibility index (Phi) is 7.21. The normalized spacial score (nSPS) is 19.4. The predicted octanol–water partition coefficient (Wildman–Crippen LogP) is 4.20. The average Bonchev–Trinajstić information content (AvgIpc) is 3.12. The monoisotopic (exact) mass is 392 g/mol. The summed E-state index contributed by atoms with van der Waals surface area (Å²) in [5.74, 6) is 1.59. The molecular formula is C20H32N4O2S. The van der Waals surface area contributed by atoms with Crippen molar-refractivity contribution in [3.63, 3.8) is 0 Å². The lowest BCUT2D eigenvalue weighted by molar-refractivity contribution is -0.133. The average molecular weight is 393 g/mol. The maximum absolute atomic E-state index is 12.5. The van der Waals surface area contributed by atoms with Crippen molar-refractivity contribution >= 4 is 28.3 Å². The largest absolute Gasteiger partial charge is 0.343 e. The number of amides is 2. The van der Waals surface area contributed by atoms with Gasteiger partial charge in [-0.1, -0.05) is 44.4 Å². The van der Waals surface area contributed by atoms with Crippen molar-refractivity contribution in [2.75, 3.05) is 18.4 Å². The molecule has 7 heteroatoms. The Labute approximate surface area is 166 Å². The number of hydrogen-bond donors (Lipinski definition) is 1. The molecule has 1 aliphatic carbocycles. The summed E-state index contributed by atoms with van der Waals surface area (Å²) < 4.78 is 0. The van der Waals surface area contributed by atoms with E-state index in [-0.39, 0.29) is 5.91 Å². The summed E-state index contributed by atoms with van der Waals surface area (Å²) in [6.45, 7) is 5.71. The molecule has 0 aromatic carbocycles. The van der Waals surface area contributed by atoms with Gasteiger partial charge in [0.25, 0.3) is 0 Å². The van der Waals surface area contributed by atoms with Crippen molar-refractivity contribution in [2.24, 2.45) is 11.8 Å². The van der Waals surface area contributed by atoms with Crippen LogP contribution in [0.15, 0.2) is 0 Å². The summed E-state index contributed by atoms with van der Waals surface area (Å²) in [7, 11) is 0. The molecule has 0 bridgehead atoms. The third kappa shape index (κ3) is 5.99. The van der Waals surface area contributed by atoms with Gasteiger partial charge in [0, 0.05) is 31.8 Å². The van der Waals surface area contributed by atoms with E-state index in [1.54, 1.807) is 0 Å². The van der Waals surface area contributed by atoms with Crippen LogP contribution in [-0.4, -0.2) is 40.0 Å². The number of likely N-dealkylation sites (tertiary alicyclic amines) is 1. The van der Waals surface area contributed by atoms with Crippen LogP contribution in [0.1, 0.15) is 82.6 Å². The molecule has 1 aromatic rings. The van der Waals surface area contributed by atoms with Crippen LogP contribution in [0.25, 0.3) is 0 Å². The summed E-state index contributed by atoms with van der Waals surface area (Å²) in [6.07, 6.45) is 9.37. The van der Waals surface area contributed by atoms with Gasteiger partial charge < -0.3 is 10.2 Å². The topological polar surface area (TPSA) is 75.2 Å². The third-order valence-electron chi connectivity index (χ3n) is 5.81. The Hall–Kier alpha value is -1.50. The van der Waals surface area contributed by atoms with E-state index < -0.39 is 0 Å². The highest BCUT2D eigenvalue weighted by Crippen LogP contribution is 2.28. The molecule has 150 valence electrons. The molecule has 1 aromatic heterocycles. The fourth-order valence-electron chi connectivity index (χ4n) is 4.10. The van der Waals surface area contributed by atoms with Gasteiger partial charge in [-0.15, -0.1) is 10.2 Å². The molecule has 6 nitrogen and oxygen atoms in total. The van der Waals surface area contributed by atoms with Gasteiger partial charge in [0.05, 0.1) is 0 Å². The zero-order valence-corrected chi connectivity index (χ0v) is 17.4. The summed E-state index contributed by atoms with van der Waals surface area (Å²) in [5, 5.41) is 12.6. The SMILES string of the molecule is CC(C)c1nnc(NC(=O)CC2CCN(C(=O)CC3CCCCC3)CC2)s1. The standard InChI is InChI=1S/C20H32N4O2S/c1-14(2)19-22-23-20(27-19)21-17(25)12-16-8-10-24(11-9-16)18(26)13-15-6-4-3-5-7-15/h14-16H,3-13H2,1-2H3,(H,21,23,25). The number of nitrogens with zero attached hydrogens (tertiary/aromatic N) is 3. The fraction of sp³-hybridized carbons (Fsp3) is 0.800. The molecule has 2 heterocycles. The van der Waals surface area contributed by atoms with Crippen molar-refractivity contribution in [1.82, 2.24) is 15.1 Å². The van der Waals surface area contributed by atoms with E-state index in [4.69, 9.17) is 0 Å². The van der Waals surface area contributed by atoms with E-state index in [1.165, 1.54) is 43.4 Å². The first-order chi connectivity index (χ1) is 13.0. The quantitative estimate of drug-likeness (QED) is 0.787. The lowest BCUT2D eigenvalue weighted by Crippen LogP contribution is -2.40. The third-order valence-corrected chi connectivity index (χ3v) is 6.95. The smallest absolute Gasteiger partial charge is 0.226 e. The van der Waals surface area contributed by atoms with Crippen LogP contribution >= 0.6 is 11.3 Å². The van der Waals surface area contributed by atoms with Gasteiger partial charge in [0.15, 0.2) is 0 Å². The van der Waals surface area contributed by atoms with E-state index >= 15 is 0 Å². The Bertz CT molecular complexity index is 632. The molecule has 3 rings (SSSR count). The number of piperidine rings is 1. The second kappa shape index (κ2) is 9.62. The molecule has 27 heavy (non-hydrogen) atoms. The first-order valence-corrected chi connectivity index (χ1v) is 11.2. The van der Waals surface area contributed by atoms with Gasteiger partial charge in [-0.3, -0.25) is 9.59 Å². The summed E-state index contributed by atoms with van der Waals surface area (Å²) >= 11 is 1.45. The van der Waals surface area contributed by atoms with Gasteiger partial charge in [0.1, 0.15) is 5.01 Å². The number of nitrogens with one attached hydrogen (secondary N) is 1. The zero-order valence-electron chi connectivity index (χ0n) is 16.6. The highest BCUT2D eigenvalue weighted by atomic mass is 32.1. The zero-order chi connectivity index (χ0) is 19.2. The highest BCUT2D eigenvalue weighted by Gasteiger charge is 2.26. The second-order valence-electron chi connectivity index (χ2n) is 8.38. The molecular weight excluding hydrogens is 360 g/mol. The molecule has 0 radical (unpaired) electrons. The number of carbonyl (C=O) groups excluding carboxylic acids is 2. The number of carbonyl (C=O) groups is 2. The van der Waals surface area contributed by atoms with Gasteiger partial charge in [-0.05, 0) is 37.5 Å². The van der Waals surface area contributed by atoms with Gasteiger partial charge >= 0.3 is 0 Å². The van der Waals surface area contributed by atoms with E-state index in [0.29, 0.717) is 35.2 Å². The Morgan fingerprint density at radius 2 is 1.70 bits per heavy atom. The van der Waals surface area contributed by atoms with Crippen LogP contribution in [0.2, 0.25) is 0 Å². The van der Waals surface area contributed by atoms with Gasteiger partial charge in [-0.2, -0.15) is 0 Å². The first kappa shape index (κ1) is 20.2. The number of hydrogen-bond acceptors (Lipinski definition) is 5. The minimum atomic E-state index is 0.00781. The lowest BCUT2D eigenvalue weighted by atomic mass is 9.86. The minimum Gasteiger partial charge on any atom is -0.343 e. The van der Waals surface area contributed by atoms with Crippen molar-refractivity contribution < 1.29 is 9.59 Å². The molecule has 0 atom stereocenters. The Balaban J connectivity index is 1.38. The maximum atomic E-state index is 12.5.